The molecule has 1 unspecified atom stereocenters. The van der Waals surface area contributed by atoms with Crippen molar-refractivity contribution in [3.63, 3.8) is 0 Å². The third kappa shape index (κ3) is 5.04. The number of nitrogens with one attached hydrogen (secondary N) is 2. The molecule has 0 saturated carbocycles. The first-order valence-corrected chi connectivity index (χ1v) is 8.75. The number of carbonyl (C=O) groups is 1. The van der Waals surface area contributed by atoms with Crippen LogP contribution in [0.1, 0.15) is 24.1 Å². The highest BCUT2D eigenvalue weighted by Crippen LogP contribution is 2.23. The standard InChI is InChI=1S/C20H24FN3O.ClH/c1-2-15-7-9-16(10-8-15)19-13-22-11-12-24(19)14-20(25)23-18-6-4-3-5-17(18)21;/h3-10,19,22H,2,11-14H2,1H3,(H,23,25);1H. The van der Waals surface area contributed by atoms with Crippen LogP contribution in [0.2, 0.25) is 0 Å². The molecule has 1 heterocycles. The van der Waals surface area contributed by atoms with Crippen LogP contribution in [0.5, 0.6) is 0 Å². The number of amides is 1. The molecule has 1 aliphatic heterocycles. The zero-order valence-electron chi connectivity index (χ0n) is 14.9. The van der Waals surface area contributed by atoms with Gasteiger partial charge in [-0.1, -0.05) is 43.3 Å². The zero-order valence-corrected chi connectivity index (χ0v) is 15.7. The number of halogens is 2. The molecule has 0 aliphatic carbocycles. The molecule has 2 aromatic rings. The number of hydrogen-bond acceptors (Lipinski definition) is 3. The first-order valence-electron chi connectivity index (χ1n) is 8.75. The third-order valence-corrected chi connectivity index (χ3v) is 4.62. The van der Waals surface area contributed by atoms with Crippen LogP contribution in [0, 0.1) is 5.82 Å². The third-order valence-electron chi connectivity index (χ3n) is 4.62. The molecule has 0 radical (unpaired) electrons. The van der Waals surface area contributed by atoms with Gasteiger partial charge in [-0.25, -0.2) is 4.39 Å². The molecule has 0 spiro atoms. The maximum Gasteiger partial charge on any atom is 0.238 e. The van der Waals surface area contributed by atoms with Gasteiger partial charge in [0.15, 0.2) is 0 Å². The predicted octanol–water partition coefficient (Wildman–Crippen LogP) is 3.39. The SMILES string of the molecule is CCc1ccc(C2CNCCN2CC(=O)Nc2ccccc2F)cc1.Cl. The minimum Gasteiger partial charge on any atom is -0.322 e. The van der Waals surface area contributed by atoms with E-state index in [2.05, 4.69) is 46.7 Å². The molecular formula is C20H25ClFN3O. The van der Waals surface area contributed by atoms with Gasteiger partial charge in [-0.2, -0.15) is 0 Å². The zero-order chi connectivity index (χ0) is 17.6. The van der Waals surface area contributed by atoms with Crippen LogP contribution in [0.3, 0.4) is 0 Å². The normalized spacial score (nSPS) is 17.4. The lowest BCUT2D eigenvalue weighted by Gasteiger charge is -2.36. The predicted molar refractivity (Wildman–Crippen MR) is 105 cm³/mol. The molecule has 1 atom stereocenters. The van der Waals surface area contributed by atoms with Crippen molar-refractivity contribution in [3.8, 4) is 0 Å². The molecule has 0 bridgehead atoms. The first-order chi connectivity index (χ1) is 12.2. The lowest BCUT2D eigenvalue weighted by atomic mass is 10.0. The second-order valence-electron chi connectivity index (χ2n) is 6.31. The Morgan fingerprint density at radius 1 is 1.23 bits per heavy atom. The van der Waals surface area contributed by atoms with Crippen LogP contribution in [-0.2, 0) is 11.2 Å². The first kappa shape index (κ1) is 20.4. The topological polar surface area (TPSA) is 44.4 Å². The fraction of sp³-hybridized carbons (Fsp3) is 0.350. The Hall–Kier alpha value is -1.95. The smallest absolute Gasteiger partial charge is 0.238 e. The minimum absolute atomic E-state index is 0. The largest absolute Gasteiger partial charge is 0.322 e. The van der Waals surface area contributed by atoms with Gasteiger partial charge in [-0.15, -0.1) is 12.4 Å². The van der Waals surface area contributed by atoms with Crippen LogP contribution in [-0.4, -0.2) is 37.0 Å². The second kappa shape index (κ2) is 9.67. The molecule has 1 aliphatic rings. The maximum absolute atomic E-state index is 13.7. The van der Waals surface area contributed by atoms with Gasteiger partial charge in [-0.05, 0) is 29.7 Å². The Bertz CT molecular complexity index is 723. The number of benzene rings is 2. The lowest BCUT2D eigenvalue weighted by molar-refractivity contribution is -0.118. The Kier molecular flexibility index (Phi) is 7.57. The number of nitrogens with zero attached hydrogens (tertiary/aromatic N) is 1. The van der Waals surface area contributed by atoms with Crippen molar-refractivity contribution in [2.24, 2.45) is 0 Å². The lowest BCUT2D eigenvalue weighted by Crippen LogP contribution is -2.48. The molecule has 1 saturated heterocycles. The van der Waals surface area contributed by atoms with Gasteiger partial charge in [0, 0.05) is 25.7 Å². The van der Waals surface area contributed by atoms with Gasteiger partial charge < -0.3 is 10.6 Å². The van der Waals surface area contributed by atoms with Crippen molar-refractivity contribution in [1.29, 1.82) is 0 Å². The molecule has 140 valence electrons. The van der Waals surface area contributed by atoms with Gasteiger partial charge in [0.1, 0.15) is 5.82 Å². The van der Waals surface area contributed by atoms with Crippen molar-refractivity contribution in [2.45, 2.75) is 19.4 Å². The van der Waals surface area contributed by atoms with Gasteiger partial charge >= 0.3 is 0 Å². The number of carbonyl (C=O) groups excluding carboxylic acids is 1. The highest BCUT2D eigenvalue weighted by molar-refractivity contribution is 5.92. The molecule has 26 heavy (non-hydrogen) atoms. The van der Waals surface area contributed by atoms with E-state index >= 15 is 0 Å². The highest BCUT2D eigenvalue weighted by Gasteiger charge is 2.25. The van der Waals surface area contributed by atoms with E-state index in [1.54, 1.807) is 18.2 Å². The summed E-state index contributed by atoms with van der Waals surface area (Å²) in [6, 6.07) is 14.9. The average molecular weight is 378 g/mol. The molecule has 1 amide bonds. The fourth-order valence-electron chi connectivity index (χ4n) is 3.18. The van der Waals surface area contributed by atoms with Gasteiger partial charge in [-0.3, -0.25) is 9.69 Å². The van der Waals surface area contributed by atoms with E-state index in [0.717, 1.165) is 26.1 Å². The second-order valence-corrected chi connectivity index (χ2v) is 6.31. The Labute approximate surface area is 160 Å². The van der Waals surface area contributed by atoms with Crippen LogP contribution in [0.15, 0.2) is 48.5 Å². The number of para-hydroxylation sites is 1. The Morgan fingerprint density at radius 2 is 1.96 bits per heavy atom. The highest BCUT2D eigenvalue weighted by atomic mass is 35.5. The van der Waals surface area contributed by atoms with E-state index in [-0.39, 0.29) is 36.6 Å². The Morgan fingerprint density at radius 3 is 2.65 bits per heavy atom. The number of rotatable bonds is 5. The summed E-state index contributed by atoms with van der Waals surface area (Å²) in [6.45, 7) is 4.81. The van der Waals surface area contributed by atoms with Crippen LogP contribution >= 0.6 is 12.4 Å². The van der Waals surface area contributed by atoms with Crippen molar-refractivity contribution in [1.82, 2.24) is 10.2 Å². The summed E-state index contributed by atoms with van der Waals surface area (Å²) in [6.07, 6.45) is 1.01. The van der Waals surface area contributed by atoms with Gasteiger partial charge in [0.2, 0.25) is 5.91 Å². The van der Waals surface area contributed by atoms with E-state index in [1.165, 1.54) is 17.2 Å². The van der Waals surface area contributed by atoms with Crippen molar-refractivity contribution in [3.05, 3.63) is 65.5 Å². The summed E-state index contributed by atoms with van der Waals surface area (Å²) < 4.78 is 13.7. The monoisotopic (exact) mass is 377 g/mol. The minimum atomic E-state index is -0.414. The van der Waals surface area contributed by atoms with Crippen molar-refractivity contribution < 1.29 is 9.18 Å². The van der Waals surface area contributed by atoms with E-state index in [1.807, 2.05) is 0 Å². The summed E-state index contributed by atoms with van der Waals surface area (Å²) >= 11 is 0. The number of hydrogen-bond donors (Lipinski definition) is 2. The molecule has 3 rings (SSSR count). The van der Waals surface area contributed by atoms with Crippen LogP contribution in [0.4, 0.5) is 10.1 Å². The summed E-state index contributed by atoms with van der Waals surface area (Å²) in [4.78, 5) is 14.5. The van der Waals surface area contributed by atoms with Crippen LogP contribution in [0.25, 0.3) is 0 Å². The quantitative estimate of drug-likeness (QED) is 0.839. The summed E-state index contributed by atoms with van der Waals surface area (Å²) in [5.41, 5.74) is 2.73. The molecule has 0 aromatic heterocycles. The summed E-state index contributed by atoms with van der Waals surface area (Å²) in [5, 5.41) is 6.06. The molecule has 2 N–H and O–H groups in total. The molecule has 4 nitrogen and oxygen atoms in total. The average Bonchev–Trinajstić information content (AvgIpc) is 2.64. The molecule has 2 aromatic carbocycles. The van der Waals surface area contributed by atoms with E-state index < -0.39 is 5.82 Å². The summed E-state index contributed by atoms with van der Waals surface area (Å²) in [7, 11) is 0. The van der Waals surface area contributed by atoms with E-state index in [9.17, 15) is 9.18 Å². The number of anilines is 1. The van der Waals surface area contributed by atoms with E-state index in [0.29, 0.717) is 0 Å². The van der Waals surface area contributed by atoms with E-state index in [4.69, 9.17) is 0 Å². The van der Waals surface area contributed by atoms with Crippen molar-refractivity contribution in [2.75, 3.05) is 31.5 Å². The number of piperazine rings is 1. The molecule has 1 fully saturated rings. The number of aryl methyl sites for hydroxylation is 1. The van der Waals surface area contributed by atoms with Gasteiger partial charge in [0.05, 0.1) is 12.2 Å². The van der Waals surface area contributed by atoms with Crippen molar-refractivity contribution >= 4 is 24.0 Å². The van der Waals surface area contributed by atoms with Gasteiger partial charge in [0.25, 0.3) is 0 Å². The fourth-order valence-corrected chi connectivity index (χ4v) is 3.18. The molecule has 6 heteroatoms. The Balaban J connectivity index is 0.00000243. The summed E-state index contributed by atoms with van der Waals surface area (Å²) in [5.74, 6) is -0.606. The van der Waals surface area contributed by atoms with Crippen LogP contribution < -0.4 is 10.6 Å². The maximum atomic E-state index is 13.7. The molecular weight excluding hydrogens is 353 g/mol.